The first-order valence-corrected chi connectivity index (χ1v) is 5.33. The Bertz CT molecular complexity index is 324. The lowest BCUT2D eigenvalue weighted by Crippen LogP contribution is -2.12. The molecule has 1 aliphatic carbocycles. The van der Waals surface area contributed by atoms with Crippen molar-refractivity contribution in [1.29, 1.82) is 0 Å². The van der Waals surface area contributed by atoms with E-state index in [-0.39, 0.29) is 11.4 Å². The van der Waals surface area contributed by atoms with E-state index in [0.717, 1.165) is 19.3 Å². The molecular formula is C12H16O3. The third-order valence-electron chi connectivity index (χ3n) is 2.50. The first-order chi connectivity index (χ1) is 7.16. The Labute approximate surface area is 89.5 Å². The summed E-state index contributed by atoms with van der Waals surface area (Å²) in [6.07, 6.45) is 6.95. The van der Waals surface area contributed by atoms with Crippen LogP contribution in [0.3, 0.4) is 0 Å². The van der Waals surface area contributed by atoms with E-state index in [2.05, 4.69) is 0 Å². The van der Waals surface area contributed by atoms with E-state index in [9.17, 15) is 9.59 Å². The van der Waals surface area contributed by atoms with Gasteiger partial charge in [0.15, 0.2) is 5.78 Å². The number of carbonyl (C=O) groups is 2. The highest BCUT2D eigenvalue weighted by atomic mass is 16.4. The van der Waals surface area contributed by atoms with E-state index in [4.69, 9.17) is 5.11 Å². The summed E-state index contributed by atoms with van der Waals surface area (Å²) in [4.78, 5) is 22.6. The number of allylic oxidation sites excluding steroid dienone is 2. The van der Waals surface area contributed by atoms with Gasteiger partial charge in [-0.25, -0.2) is 4.79 Å². The monoisotopic (exact) mass is 208 g/mol. The first-order valence-electron chi connectivity index (χ1n) is 5.33. The molecule has 0 spiro atoms. The topological polar surface area (TPSA) is 54.4 Å². The summed E-state index contributed by atoms with van der Waals surface area (Å²) >= 11 is 0. The molecule has 15 heavy (non-hydrogen) atoms. The molecule has 0 aromatic heterocycles. The Balaban J connectivity index is 2.83. The van der Waals surface area contributed by atoms with Crippen LogP contribution in [0.1, 0.15) is 39.0 Å². The molecule has 3 heteroatoms. The molecule has 0 saturated heterocycles. The Morgan fingerprint density at radius 2 is 2.20 bits per heavy atom. The Morgan fingerprint density at radius 3 is 2.80 bits per heavy atom. The SMILES string of the molecule is CCCCC(=O)C1=C(C(=O)O)C=CCC1. The quantitative estimate of drug-likeness (QED) is 0.755. The normalized spacial score (nSPS) is 15.5. The van der Waals surface area contributed by atoms with Gasteiger partial charge in [0.25, 0.3) is 0 Å². The predicted molar refractivity (Wildman–Crippen MR) is 57.6 cm³/mol. The zero-order valence-electron chi connectivity index (χ0n) is 8.95. The Morgan fingerprint density at radius 1 is 1.47 bits per heavy atom. The maximum absolute atomic E-state index is 11.7. The van der Waals surface area contributed by atoms with E-state index >= 15 is 0 Å². The van der Waals surface area contributed by atoms with Crippen LogP contribution in [0.2, 0.25) is 0 Å². The van der Waals surface area contributed by atoms with E-state index in [1.54, 1.807) is 12.2 Å². The van der Waals surface area contributed by atoms with Gasteiger partial charge in [-0.1, -0.05) is 25.5 Å². The summed E-state index contributed by atoms with van der Waals surface area (Å²) in [7, 11) is 0. The van der Waals surface area contributed by atoms with Gasteiger partial charge in [-0.05, 0) is 19.3 Å². The maximum atomic E-state index is 11.7. The average molecular weight is 208 g/mol. The number of unbranched alkanes of at least 4 members (excludes halogenated alkanes) is 1. The van der Waals surface area contributed by atoms with Crippen molar-refractivity contribution >= 4 is 11.8 Å². The molecule has 1 aliphatic rings. The van der Waals surface area contributed by atoms with Crippen molar-refractivity contribution in [2.75, 3.05) is 0 Å². The van der Waals surface area contributed by atoms with Crippen molar-refractivity contribution in [3.05, 3.63) is 23.3 Å². The molecule has 0 aromatic rings. The minimum atomic E-state index is -0.995. The zero-order chi connectivity index (χ0) is 11.3. The summed E-state index contributed by atoms with van der Waals surface area (Å²) in [6.45, 7) is 2.01. The fourth-order valence-corrected chi connectivity index (χ4v) is 1.64. The van der Waals surface area contributed by atoms with Gasteiger partial charge in [0.2, 0.25) is 0 Å². The van der Waals surface area contributed by atoms with Crippen molar-refractivity contribution in [3.63, 3.8) is 0 Å². The van der Waals surface area contributed by atoms with Crippen LogP contribution in [-0.4, -0.2) is 16.9 Å². The summed E-state index contributed by atoms with van der Waals surface area (Å²) in [5, 5.41) is 8.92. The summed E-state index contributed by atoms with van der Waals surface area (Å²) in [5.74, 6) is -0.996. The van der Waals surface area contributed by atoms with E-state index in [1.807, 2.05) is 6.92 Å². The molecule has 0 bridgehead atoms. The number of carboxylic acid groups (broad SMARTS) is 1. The van der Waals surface area contributed by atoms with Crippen LogP contribution >= 0.6 is 0 Å². The number of Topliss-reactive ketones (excluding diaryl/α,β-unsaturated/α-hetero) is 1. The lowest BCUT2D eigenvalue weighted by Gasteiger charge is -2.11. The van der Waals surface area contributed by atoms with Crippen molar-refractivity contribution in [3.8, 4) is 0 Å². The summed E-state index contributed by atoms with van der Waals surface area (Å²) < 4.78 is 0. The second-order valence-electron chi connectivity index (χ2n) is 3.67. The van der Waals surface area contributed by atoms with Gasteiger partial charge < -0.3 is 5.11 Å². The van der Waals surface area contributed by atoms with E-state index < -0.39 is 5.97 Å². The van der Waals surface area contributed by atoms with Crippen LogP contribution in [0.5, 0.6) is 0 Å². The van der Waals surface area contributed by atoms with Crippen LogP contribution in [0.15, 0.2) is 23.3 Å². The number of carboxylic acids is 1. The maximum Gasteiger partial charge on any atom is 0.336 e. The molecule has 0 atom stereocenters. The molecular weight excluding hydrogens is 192 g/mol. The Hall–Kier alpha value is -1.38. The molecule has 0 fully saturated rings. The van der Waals surface area contributed by atoms with Gasteiger partial charge in [0.1, 0.15) is 0 Å². The summed E-state index contributed by atoms with van der Waals surface area (Å²) in [5.41, 5.74) is 0.681. The zero-order valence-corrected chi connectivity index (χ0v) is 8.95. The van der Waals surface area contributed by atoms with Gasteiger partial charge >= 0.3 is 5.97 Å². The molecule has 82 valence electrons. The second kappa shape index (κ2) is 5.49. The third kappa shape index (κ3) is 3.05. The smallest absolute Gasteiger partial charge is 0.336 e. The molecule has 1 N–H and O–H groups in total. The first kappa shape index (κ1) is 11.7. The standard InChI is InChI=1S/C12H16O3/c1-2-3-8-11(13)9-6-4-5-7-10(9)12(14)15/h5,7H,2-4,6,8H2,1H3,(H,14,15). The molecule has 0 heterocycles. The van der Waals surface area contributed by atoms with Gasteiger partial charge in [-0.3, -0.25) is 4.79 Å². The molecule has 3 nitrogen and oxygen atoms in total. The highest BCUT2D eigenvalue weighted by Crippen LogP contribution is 2.21. The highest BCUT2D eigenvalue weighted by molar-refractivity contribution is 6.05. The molecule has 0 aromatic carbocycles. The van der Waals surface area contributed by atoms with Gasteiger partial charge in [-0.2, -0.15) is 0 Å². The van der Waals surface area contributed by atoms with E-state index in [1.165, 1.54) is 0 Å². The second-order valence-corrected chi connectivity index (χ2v) is 3.67. The molecule has 0 amide bonds. The molecule has 0 aliphatic heterocycles. The lowest BCUT2D eigenvalue weighted by molar-refractivity contribution is -0.132. The molecule has 1 rings (SSSR count). The van der Waals surface area contributed by atoms with E-state index in [0.29, 0.717) is 18.4 Å². The summed E-state index contributed by atoms with van der Waals surface area (Å²) in [6, 6.07) is 0. The number of hydrogen-bond donors (Lipinski definition) is 1. The molecule has 0 unspecified atom stereocenters. The number of ketones is 1. The largest absolute Gasteiger partial charge is 0.478 e. The fraction of sp³-hybridized carbons (Fsp3) is 0.500. The van der Waals surface area contributed by atoms with Crippen LogP contribution in [0, 0.1) is 0 Å². The van der Waals surface area contributed by atoms with Crippen LogP contribution in [0.25, 0.3) is 0 Å². The van der Waals surface area contributed by atoms with Crippen molar-refractivity contribution in [2.45, 2.75) is 39.0 Å². The van der Waals surface area contributed by atoms with Crippen molar-refractivity contribution < 1.29 is 14.7 Å². The van der Waals surface area contributed by atoms with Crippen molar-refractivity contribution in [1.82, 2.24) is 0 Å². The minimum Gasteiger partial charge on any atom is -0.478 e. The van der Waals surface area contributed by atoms with Crippen molar-refractivity contribution in [2.24, 2.45) is 0 Å². The van der Waals surface area contributed by atoms with Gasteiger partial charge in [-0.15, -0.1) is 0 Å². The van der Waals surface area contributed by atoms with Crippen LogP contribution in [0.4, 0.5) is 0 Å². The molecule has 0 saturated carbocycles. The van der Waals surface area contributed by atoms with Gasteiger partial charge in [0.05, 0.1) is 5.57 Å². The predicted octanol–water partition coefficient (Wildman–Crippen LogP) is 2.48. The number of carbonyl (C=O) groups excluding carboxylic acids is 1. The lowest BCUT2D eigenvalue weighted by atomic mass is 9.92. The Kier molecular flexibility index (Phi) is 4.28. The number of rotatable bonds is 5. The average Bonchev–Trinajstić information content (AvgIpc) is 2.25. The van der Waals surface area contributed by atoms with Crippen LogP contribution in [-0.2, 0) is 9.59 Å². The third-order valence-corrected chi connectivity index (χ3v) is 2.50. The van der Waals surface area contributed by atoms with Gasteiger partial charge in [0, 0.05) is 12.0 Å². The fourth-order valence-electron chi connectivity index (χ4n) is 1.64. The van der Waals surface area contributed by atoms with Crippen LogP contribution < -0.4 is 0 Å². The minimum absolute atomic E-state index is 0.00130. The molecule has 0 radical (unpaired) electrons. The number of aliphatic carboxylic acids is 1. The number of hydrogen-bond acceptors (Lipinski definition) is 2. The highest BCUT2D eigenvalue weighted by Gasteiger charge is 2.19.